The summed E-state index contributed by atoms with van der Waals surface area (Å²) >= 11 is 1.51. The average Bonchev–Trinajstić information content (AvgIpc) is 2.47. The minimum Gasteiger partial charge on any atom is -0.508 e. The third-order valence-corrected chi connectivity index (χ3v) is 3.15. The molecule has 0 radical (unpaired) electrons. The first kappa shape index (κ1) is 8.38. The van der Waals surface area contributed by atoms with Crippen molar-refractivity contribution in [3.8, 4) is 11.5 Å². The summed E-state index contributed by atoms with van der Waals surface area (Å²) < 4.78 is 1.07. The highest BCUT2D eigenvalue weighted by Crippen LogP contribution is 2.36. The molecule has 68 valence electrons. The zero-order valence-corrected chi connectivity index (χ0v) is 8.06. The number of aromatic hydroxyl groups is 2. The highest BCUT2D eigenvalue weighted by molar-refractivity contribution is 7.17. The molecule has 0 aliphatic carbocycles. The Kier molecular flexibility index (Phi) is 1.88. The molecule has 1 aromatic carbocycles. The van der Waals surface area contributed by atoms with Gasteiger partial charge in [-0.1, -0.05) is 6.92 Å². The molecule has 2 N–H and O–H groups in total. The zero-order valence-electron chi connectivity index (χ0n) is 7.24. The molecule has 0 atom stereocenters. The number of thiophene rings is 1. The van der Waals surface area contributed by atoms with Crippen LogP contribution in [0.2, 0.25) is 0 Å². The number of hydrogen-bond donors (Lipinski definition) is 2. The topological polar surface area (TPSA) is 40.5 Å². The van der Waals surface area contributed by atoms with Crippen molar-refractivity contribution >= 4 is 21.4 Å². The van der Waals surface area contributed by atoms with Crippen LogP contribution >= 0.6 is 11.3 Å². The minimum absolute atomic E-state index is 0.220. The fourth-order valence-corrected chi connectivity index (χ4v) is 2.44. The highest BCUT2D eigenvalue weighted by Gasteiger charge is 2.07. The first-order valence-electron chi connectivity index (χ1n) is 4.14. The van der Waals surface area contributed by atoms with Crippen LogP contribution in [0.5, 0.6) is 11.5 Å². The smallest absolute Gasteiger partial charge is 0.134 e. The minimum atomic E-state index is 0.220. The lowest BCUT2D eigenvalue weighted by molar-refractivity contribution is 0.472. The van der Waals surface area contributed by atoms with Crippen molar-refractivity contribution in [1.29, 1.82) is 0 Å². The third kappa shape index (κ3) is 1.25. The maximum absolute atomic E-state index is 9.45. The normalized spacial score (nSPS) is 10.8. The summed E-state index contributed by atoms with van der Waals surface area (Å²) in [7, 11) is 0. The molecule has 1 aromatic heterocycles. The molecule has 1 heterocycles. The van der Waals surface area contributed by atoms with E-state index in [9.17, 15) is 10.2 Å². The molecule has 0 aliphatic rings. The van der Waals surface area contributed by atoms with E-state index in [1.165, 1.54) is 11.3 Å². The van der Waals surface area contributed by atoms with Gasteiger partial charge in [0.25, 0.3) is 0 Å². The van der Waals surface area contributed by atoms with E-state index in [0.717, 1.165) is 22.1 Å². The number of fused-ring (bicyclic) bond motifs is 1. The second kappa shape index (κ2) is 2.92. The Hall–Kier alpha value is -1.22. The molecule has 2 aromatic rings. The molecule has 0 aliphatic heterocycles. The molecule has 2 rings (SSSR count). The molecule has 0 bridgehead atoms. The predicted octanol–water partition coefficient (Wildman–Crippen LogP) is 2.87. The number of rotatable bonds is 1. The van der Waals surface area contributed by atoms with E-state index in [1.54, 1.807) is 17.5 Å². The van der Waals surface area contributed by atoms with Crippen LogP contribution in [0.15, 0.2) is 17.5 Å². The van der Waals surface area contributed by atoms with Crippen molar-refractivity contribution in [3.63, 3.8) is 0 Å². The maximum Gasteiger partial charge on any atom is 0.134 e. The molecule has 0 saturated heterocycles. The first-order valence-corrected chi connectivity index (χ1v) is 5.02. The van der Waals surface area contributed by atoms with Crippen LogP contribution in [-0.2, 0) is 6.42 Å². The van der Waals surface area contributed by atoms with Crippen LogP contribution in [0.1, 0.15) is 12.5 Å². The number of phenolic OH excluding ortho intramolecular Hbond substituents is 1. The van der Waals surface area contributed by atoms with Gasteiger partial charge < -0.3 is 10.2 Å². The lowest BCUT2D eigenvalue weighted by atomic mass is 10.1. The fraction of sp³-hybridized carbons (Fsp3) is 0.200. The zero-order chi connectivity index (χ0) is 9.42. The summed E-state index contributed by atoms with van der Waals surface area (Å²) in [6, 6.07) is 3.35. The molecule has 3 heteroatoms. The molecular weight excluding hydrogens is 184 g/mol. The second-order valence-electron chi connectivity index (χ2n) is 2.96. The highest BCUT2D eigenvalue weighted by atomic mass is 32.1. The van der Waals surface area contributed by atoms with Crippen LogP contribution in [0, 0.1) is 0 Å². The van der Waals surface area contributed by atoms with Crippen LogP contribution in [0.4, 0.5) is 0 Å². The van der Waals surface area contributed by atoms with Crippen LogP contribution in [-0.4, -0.2) is 10.2 Å². The van der Waals surface area contributed by atoms with Gasteiger partial charge in [0.15, 0.2) is 0 Å². The lowest BCUT2D eigenvalue weighted by Crippen LogP contribution is -1.79. The summed E-state index contributed by atoms with van der Waals surface area (Å²) in [6.45, 7) is 2.03. The van der Waals surface area contributed by atoms with Gasteiger partial charge in [-0.25, -0.2) is 0 Å². The van der Waals surface area contributed by atoms with Crippen molar-refractivity contribution in [2.75, 3.05) is 0 Å². The molecule has 0 spiro atoms. The number of phenols is 1. The number of benzene rings is 1. The largest absolute Gasteiger partial charge is 0.508 e. The van der Waals surface area contributed by atoms with E-state index < -0.39 is 0 Å². The van der Waals surface area contributed by atoms with E-state index in [0.29, 0.717) is 0 Å². The van der Waals surface area contributed by atoms with Crippen molar-refractivity contribution in [2.45, 2.75) is 13.3 Å². The van der Waals surface area contributed by atoms with Crippen LogP contribution < -0.4 is 0 Å². The van der Waals surface area contributed by atoms with E-state index in [4.69, 9.17) is 0 Å². The van der Waals surface area contributed by atoms with Gasteiger partial charge in [-0.05, 0) is 24.1 Å². The van der Waals surface area contributed by atoms with E-state index >= 15 is 0 Å². The Morgan fingerprint density at radius 2 is 2.08 bits per heavy atom. The fourth-order valence-electron chi connectivity index (χ4n) is 1.44. The Labute approximate surface area is 80.1 Å². The van der Waals surface area contributed by atoms with Gasteiger partial charge in [-0.3, -0.25) is 0 Å². The second-order valence-corrected chi connectivity index (χ2v) is 3.84. The van der Waals surface area contributed by atoms with Gasteiger partial charge in [0, 0.05) is 15.5 Å². The summed E-state index contributed by atoms with van der Waals surface area (Å²) in [5.74, 6) is 0.476. The monoisotopic (exact) mass is 194 g/mol. The Bertz CT molecular complexity index is 445. The molecule has 0 saturated carbocycles. The summed E-state index contributed by atoms with van der Waals surface area (Å²) in [5, 5.41) is 21.3. The Morgan fingerprint density at radius 1 is 1.31 bits per heavy atom. The third-order valence-electron chi connectivity index (χ3n) is 2.10. The van der Waals surface area contributed by atoms with E-state index in [-0.39, 0.29) is 11.5 Å². The van der Waals surface area contributed by atoms with Crippen LogP contribution in [0.25, 0.3) is 10.1 Å². The first-order chi connectivity index (χ1) is 6.22. The number of hydrogen-bond acceptors (Lipinski definition) is 3. The molecule has 0 unspecified atom stereocenters. The van der Waals surface area contributed by atoms with Gasteiger partial charge in [0.05, 0.1) is 0 Å². The molecule has 2 nitrogen and oxygen atoms in total. The summed E-state index contributed by atoms with van der Waals surface area (Å²) in [6.07, 6.45) is 0.866. The summed E-state index contributed by atoms with van der Waals surface area (Å²) in [4.78, 5) is 0. The standard InChI is InChI=1S/C10H10O2S/c1-2-6-3-7(11)4-8-9(12)5-13-10(6)8/h3-5,11-12H,2H2,1H3. The van der Waals surface area contributed by atoms with Gasteiger partial charge in [-0.2, -0.15) is 0 Å². The van der Waals surface area contributed by atoms with Gasteiger partial charge in [0.2, 0.25) is 0 Å². The SMILES string of the molecule is CCc1cc(O)cc2c(O)csc12. The van der Waals surface area contributed by atoms with Crippen molar-refractivity contribution in [2.24, 2.45) is 0 Å². The van der Waals surface area contributed by atoms with Gasteiger partial charge in [0.1, 0.15) is 11.5 Å². The molecule has 0 fully saturated rings. The molecular formula is C10H10O2S. The molecule has 13 heavy (non-hydrogen) atoms. The van der Waals surface area contributed by atoms with E-state index in [1.807, 2.05) is 6.92 Å². The quantitative estimate of drug-likeness (QED) is 0.732. The lowest BCUT2D eigenvalue weighted by Gasteiger charge is -2.00. The van der Waals surface area contributed by atoms with Gasteiger partial charge >= 0.3 is 0 Å². The van der Waals surface area contributed by atoms with Crippen molar-refractivity contribution < 1.29 is 10.2 Å². The van der Waals surface area contributed by atoms with Crippen LogP contribution in [0.3, 0.4) is 0 Å². The van der Waals surface area contributed by atoms with E-state index in [2.05, 4.69) is 0 Å². The summed E-state index contributed by atoms with van der Waals surface area (Å²) in [5.41, 5.74) is 1.08. The maximum atomic E-state index is 9.45. The molecule has 0 amide bonds. The number of aryl methyl sites for hydroxylation is 1. The Balaban J connectivity index is 2.84. The predicted molar refractivity (Wildman–Crippen MR) is 54.5 cm³/mol. The van der Waals surface area contributed by atoms with Crippen molar-refractivity contribution in [3.05, 3.63) is 23.1 Å². The Morgan fingerprint density at radius 3 is 2.77 bits per heavy atom. The van der Waals surface area contributed by atoms with Gasteiger partial charge in [-0.15, -0.1) is 11.3 Å². The van der Waals surface area contributed by atoms with Crippen molar-refractivity contribution in [1.82, 2.24) is 0 Å². The average molecular weight is 194 g/mol.